The van der Waals surface area contributed by atoms with Crippen LogP contribution in [0, 0.1) is 5.92 Å². The van der Waals surface area contributed by atoms with Gasteiger partial charge in [-0.25, -0.2) is 0 Å². The minimum atomic E-state index is -0.734. The molecule has 0 aliphatic carbocycles. The van der Waals surface area contributed by atoms with Gasteiger partial charge in [-0.1, -0.05) is 68.4 Å². The van der Waals surface area contributed by atoms with Crippen molar-refractivity contribution in [2.45, 2.75) is 26.4 Å². The molecule has 180 valence electrons. The van der Waals surface area contributed by atoms with Gasteiger partial charge in [0.25, 0.3) is 11.7 Å². The van der Waals surface area contributed by atoms with Gasteiger partial charge in [-0.3, -0.25) is 9.59 Å². The van der Waals surface area contributed by atoms with E-state index in [0.717, 1.165) is 11.1 Å². The number of Topliss-reactive ketones (excluding diaryl/α,β-unsaturated/α-hetero) is 1. The third-order valence-electron chi connectivity index (χ3n) is 5.83. The number of nitrogens with zero attached hydrogens (tertiary/aromatic N) is 1. The first-order valence-corrected chi connectivity index (χ1v) is 11.6. The number of rotatable bonds is 8. The third kappa shape index (κ3) is 5.22. The number of aliphatic hydroxyl groups is 1. The van der Waals surface area contributed by atoms with Crippen molar-refractivity contribution < 1.29 is 24.2 Å². The Bertz CT molecular complexity index is 1250. The van der Waals surface area contributed by atoms with E-state index in [1.165, 1.54) is 4.90 Å². The molecule has 6 heteroatoms. The summed E-state index contributed by atoms with van der Waals surface area (Å²) in [5.74, 6) is -0.00558. The molecule has 0 aromatic heterocycles. The highest BCUT2D eigenvalue weighted by Gasteiger charge is 2.46. The predicted octanol–water partition coefficient (Wildman–Crippen LogP) is 5.35. The predicted molar refractivity (Wildman–Crippen MR) is 134 cm³/mol. The number of aliphatic hydroxyl groups excluding tert-OH is 1. The van der Waals surface area contributed by atoms with Crippen LogP contribution in [0.15, 0.2) is 84.4 Å². The van der Waals surface area contributed by atoms with Gasteiger partial charge in [-0.05, 0) is 41.3 Å². The van der Waals surface area contributed by atoms with Crippen LogP contribution >= 0.6 is 0 Å². The smallest absolute Gasteiger partial charge is 0.295 e. The first kappa shape index (κ1) is 24.1. The molecule has 0 radical (unpaired) electrons. The first-order valence-electron chi connectivity index (χ1n) is 11.6. The molecule has 1 saturated heterocycles. The van der Waals surface area contributed by atoms with E-state index in [-0.39, 0.29) is 17.9 Å². The van der Waals surface area contributed by atoms with Crippen LogP contribution in [0.3, 0.4) is 0 Å². The topological polar surface area (TPSA) is 76.1 Å². The van der Waals surface area contributed by atoms with Crippen LogP contribution in [0.2, 0.25) is 0 Å². The van der Waals surface area contributed by atoms with E-state index in [9.17, 15) is 14.7 Å². The standard InChI is InChI=1S/C29H29NO5/c1-19(2)18-35-24-14-8-12-22(16-24)27(31)25-26(21-10-5-4-6-11-21)30(29(33)28(25)32)17-20-9-7-13-23(15-20)34-3/h4-16,19,26,31H,17-18H2,1-3H3/b27-25-. The van der Waals surface area contributed by atoms with Gasteiger partial charge in [-0.2, -0.15) is 0 Å². The van der Waals surface area contributed by atoms with Crippen LogP contribution in [0.4, 0.5) is 0 Å². The molecule has 1 atom stereocenters. The Morgan fingerprint density at radius 3 is 2.37 bits per heavy atom. The molecule has 6 nitrogen and oxygen atoms in total. The van der Waals surface area contributed by atoms with Gasteiger partial charge >= 0.3 is 0 Å². The van der Waals surface area contributed by atoms with Crippen molar-refractivity contribution in [3.05, 3.63) is 101 Å². The quantitative estimate of drug-likeness (QED) is 0.272. The molecule has 1 unspecified atom stereocenters. The minimum Gasteiger partial charge on any atom is -0.507 e. The Morgan fingerprint density at radius 2 is 1.66 bits per heavy atom. The van der Waals surface area contributed by atoms with Gasteiger partial charge in [0.05, 0.1) is 25.3 Å². The summed E-state index contributed by atoms with van der Waals surface area (Å²) in [6.07, 6.45) is 0. The molecular weight excluding hydrogens is 442 g/mol. The van der Waals surface area contributed by atoms with Crippen molar-refractivity contribution in [2.24, 2.45) is 5.92 Å². The Labute approximate surface area is 205 Å². The number of likely N-dealkylation sites (tertiary alicyclic amines) is 1. The molecule has 1 amide bonds. The lowest BCUT2D eigenvalue weighted by atomic mass is 9.95. The molecule has 3 aromatic carbocycles. The normalized spacial score (nSPS) is 17.1. The zero-order chi connectivity index (χ0) is 24.9. The van der Waals surface area contributed by atoms with Gasteiger partial charge in [0.1, 0.15) is 17.3 Å². The maximum absolute atomic E-state index is 13.3. The number of ether oxygens (including phenoxy) is 2. The zero-order valence-corrected chi connectivity index (χ0v) is 20.1. The van der Waals surface area contributed by atoms with E-state index in [1.807, 2.05) is 68.4 Å². The maximum atomic E-state index is 13.3. The van der Waals surface area contributed by atoms with Crippen LogP contribution < -0.4 is 9.47 Å². The molecule has 3 aromatic rings. The monoisotopic (exact) mass is 471 g/mol. The SMILES string of the molecule is COc1cccc(CN2C(=O)C(=O)/C(=C(\O)c3cccc(OCC(C)C)c3)C2c2ccccc2)c1. The Morgan fingerprint density at radius 1 is 0.943 bits per heavy atom. The van der Waals surface area contributed by atoms with E-state index in [4.69, 9.17) is 9.47 Å². The second-order valence-corrected chi connectivity index (χ2v) is 8.92. The highest BCUT2D eigenvalue weighted by atomic mass is 16.5. The first-order chi connectivity index (χ1) is 16.9. The average molecular weight is 472 g/mol. The van der Waals surface area contributed by atoms with Crippen molar-refractivity contribution in [3.8, 4) is 11.5 Å². The van der Waals surface area contributed by atoms with Crippen molar-refractivity contribution in [1.82, 2.24) is 4.90 Å². The Kier molecular flexibility index (Phi) is 7.20. The van der Waals surface area contributed by atoms with Gasteiger partial charge in [0, 0.05) is 12.1 Å². The van der Waals surface area contributed by atoms with Crippen LogP contribution in [0.5, 0.6) is 11.5 Å². The molecule has 1 N–H and O–H groups in total. The number of methoxy groups -OCH3 is 1. The van der Waals surface area contributed by atoms with Crippen molar-refractivity contribution in [2.75, 3.05) is 13.7 Å². The van der Waals surface area contributed by atoms with E-state index in [2.05, 4.69) is 0 Å². The number of hydrogen-bond donors (Lipinski definition) is 1. The number of carbonyl (C=O) groups excluding carboxylic acids is 2. The van der Waals surface area contributed by atoms with Crippen LogP contribution in [-0.4, -0.2) is 35.4 Å². The lowest BCUT2D eigenvalue weighted by molar-refractivity contribution is -0.140. The molecule has 1 aliphatic rings. The van der Waals surface area contributed by atoms with E-state index >= 15 is 0 Å². The fourth-order valence-corrected chi connectivity index (χ4v) is 4.14. The number of carbonyl (C=O) groups is 2. The van der Waals surface area contributed by atoms with Crippen molar-refractivity contribution in [3.63, 3.8) is 0 Å². The number of ketones is 1. The summed E-state index contributed by atoms with van der Waals surface area (Å²) in [4.78, 5) is 28.0. The summed E-state index contributed by atoms with van der Waals surface area (Å²) in [7, 11) is 1.58. The summed E-state index contributed by atoms with van der Waals surface area (Å²) in [6.45, 7) is 4.82. The van der Waals surface area contributed by atoms with Crippen LogP contribution in [0.1, 0.15) is 36.6 Å². The molecule has 35 heavy (non-hydrogen) atoms. The summed E-state index contributed by atoms with van der Waals surface area (Å²) < 4.78 is 11.1. The second-order valence-electron chi connectivity index (χ2n) is 8.92. The van der Waals surface area contributed by atoms with Gasteiger partial charge in [0.15, 0.2) is 0 Å². The average Bonchev–Trinajstić information content (AvgIpc) is 3.12. The van der Waals surface area contributed by atoms with E-state index in [0.29, 0.717) is 29.6 Å². The fraction of sp³-hybridized carbons (Fsp3) is 0.241. The number of amides is 1. The fourth-order valence-electron chi connectivity index (χ4n) is 4.14. The van der Waals surface area contributed by atoms with Gasteiger partial charge in [0.2, 0.25) is 0 Å². The molecule has 1 fully saturated rings. The molecule has 0 bridgehead atoms. The lowest BCUT2D eigenvalue weighted by Crippen LogP contribution is -2.29. The van der Waals surface area contributed by atoms with Crippen LogP contribution in [0.25, 0.3) is 5.76 Å². The summed E-state index contributed by atoms with van der Waals surface area (Å²) in [5, 5.41) is 11.3. The van der Waals surface area contributed by atoms with E-state index in [1.54, 1.807) is 31.4 Å². The van der Waals surface area contributed by atoms with Crippen LogP contribution in [-0.2, 0) is 16.1 Å². The number of hydrogen-bond acceptors (Lipinski definition) is 5. The summed E-state index contributed by atoms with van der Waals surface area (Å²) in [5.41, 5.74) is 2.04. The Balaban J connectivity index is 1.78. The molecule has 1 aliphatic heterocycles. The minimum absolute atomic E-state index is 0.0603. The maximum Gasteiger partial charge on any atom is 0.295 e. The molecule has 1 heterocycles. The highest BCUT2D eigenvalue weighted by Crippen LogP contribution is 2.40. The molecule has 4 rings (SSSR count). The largest absolute Gasteiger partial charge is 0.507 e. The third-order valence-corrected chi connectivity index (χ3v) is 5.83. The van der Waals surface area contributed by atoms with Crippen molar-refractivity contribution >= 4 is 17.4 Å². The van der Waals surface area contributed by atoms with Gasteiger partial charge < -0.3 is 19.5 Å². The van der Waals surface area contributed by atoms with Gasteiger partial charge in [-0.15, -0.1) is 0 Å². The second kappa shape index (κ2) is 10.5. The molecular formula is C29H29NO5. The summed E-state index contributed by atoms with van der Waals surface area (Å²) in [6, 6.07) is 22.9. The lowest BCUT2D eigenvalue weighted by Gasteiger charge is -2.25. The summed E-state index contributed by atoms with van der Waals surface area (Å²) >= 11 is 0. The highest BCUT2D eigenvalue weighted by molar-refractivity contribution is 6.46. The molecule has 0 spiro atoms. The van der Waals surface area contributed by atoms with Crippen molar-refractivity contribution in [1.29, 1.82) is 0 Å². The number of benzene rings is 3. The van der Waals surface area contributed by atoms with E-state index < -0.39 is 17.7 Å². The Hall–Kier alpha value is -4.06. The zero-order valence-electron chi connectivity index (χ0n) is 20.1. The molecule has 0 saturated carbocycles.